The van der Waals surface area contributed by atoms with E-state index in [1.54, 1.807) is 40.7 Å². The van der Waals surface area contributed by atoms with Crippen LogP contribution in [0.15, 0.2) is 52.9 Å². The van der Waals surface area contributed by atoms with Gasteiger partial charge < -0.3 is 24.3 Å². The monoisotopic (exact) mass is 554 g/mol. The van der Waals surface area contributed by atoms with Gasteiger partial charge in [0.15, 0.2) is 0 Å². The van der Waals surface area contributed by atoms with Crippen LogP contribution in [0, 0.1) is 0 Å². The van der Waals surface area contributed by atoms with Gasteiger partial charge in [0, 0.05) is 43.5 Å². The summed E-state index contributed by atoms with van der Waals surface area (Å²) >= 11 is 0. The highest BCUT2D eigenvalue weighted by molar-refractivity contribution is 6.00. The molecule has 1 saturated heterocycles. The summed E-state index contributed by atoms with van der Waals surface area (Å²) in [7, 11) is 0. The molecule has 0 amide bonds. The van der Waals surface area contributed by atoms with Gasteiger partial charge in [0.05, 0.1) is 43.5 Å². The molecule has 2 heterocycles. The highest BCUT2D eigenvalue weighted by Gasteiger charge is 2.39. The van der Waals surface area contributed by atoms with Gasteiger partial charge in [-0.05, 0) is 58.7 Å². The fraction of sp³-hybridized carbons (Fsp3) is 0.516. The van der Waals surface area contributed by atoms with E-state index in [-0.39, 0.29) is 13.2 Å². The molecule has 218 valence electrons. The largest absolute Gasteiger partial charge is 0.463 e. The predicted molar refractivity (Wildman–Crippen MR) is 152 cm³/mol. The number of esters is 3. The molecule has 1 unspecified atom stereocenters. The summed E-state index contributed by atoms with van der Waals surface area (Å²) in [6, 6.07) is 7.38. The van der Waals surface area contributed by atoms with Gasteiger partial charge in [-0.1, -0.05) is 24.3 Å². The van der Waals surface area contributed by atoms with E-state index in [0.29, 0.717) is 59.8 Å². The normalized spacial score (nSPS) is 18.5. The molecule has 3 rings (SSSR count). The molecule has 0 bridgehead atoms. The van der Waals surface area contributed by atoms with Gasteiger partial charge >= 0.3 is 17.9 Å². The second kappa shape index (κ2) is 14.3. The average molecular weight is 555 g/mol. The Kier molecular flexibility index (Phi) is 11.1. The van der Waals surface area contributed by atoms with E-state index in [2.05, 4.69) is 10.2 Å². The zero-order valence-electron chi connectivity index (χ0n) is 24.5. The summed E-state index contributed by atoms with van der Waals surface area (Å²) in [5.74, 6) is -2.27. The Morgan fingerprint density at radius 2 is 1.65 bits per heavy atom. The zero-order valence-corrected chi connectivity index (χ0v) is 24.5. The van der Waals surface area contributed by atoms with Gasteiger partial charge in [-0.2, -0.15) is 0 Å². The Bertz CT molecular complexity index is 1170. The Balaban J connectivity index is 2.13. The summed E-state index contributed by atoms with van der Waals surface area (Å²) in [5.41, 5.74) is 2.72. The highest BCUT2D eigenvalue weighted by Crippen LogP contribution is 2.41. The third-order valence-corrected chi connectivity index (χ3v) is 6.53. The van der Waals surface area contributed by atoms with Crippen molar-refractivity contribution in [1.29, 1.82) is 0 Å². The maximum Gasteiger partial charge on any atom is 0.336 e. The van der Waals surface area contributed by atoms with Crippen molar-refractivity contribution in [3.05, 3.63) is 64.0 Å². The Labute approximate surface area is 237 Å². The first-order valence-electron chi connectivity index (χ1n) is 13.9. The van der Waals surface area contributed by atoms with Crippen LogP contribution in [0.25, 0.3) is 6.08 Å². The molecule has 1 atom stereocenters. The minimum atomic E-state index is -0.765. The van der Waals surface area contributed by atoms with Crippen LogP contribution in [-0.4, -0.2) is 74.5 Å². The van der Waals surface area contributed by atoms with Crippen LogP contribution >= 0.6 is 0 Å². The zero-order chi connectivity index (χ0) is 29.3. The molecule has 9 nitrogen and oxygen atoms in total. The van der Waals surface area contributed by atoms with Crippen LogP contribution in [-0.2, 0) is 33.3 Å². The Morgan fingerprint density at radius 3 is 2.27 bits per heavy atom. The van der Waals surface area contributed by atoms with E-state index < -0.39 is 29.4 Å². The maximum absolute atomic E-state index is 13.6. The average Bonchev–Trinajstić information content (AvgIpc) is 2.90. The molecule has 0 saturated carbocycles. The first kappa shape index (κ1) is 31.1. The van der Waals surface area contributed by atoms with E-state index in [9.17, 15) is 14.4 Å². The van der Waals surface area contributed by atoms with Crippen molar-refractivity contribution in [1.82, 2.24) is 10.2 Å². The highest BCUT2D eigenvalue weighted by atomic mass is 16.6. The smallest absolute Gasteiger partial charge is 0.336 e. The van der Waals surface area contributed by atoms with Crippen molar-refractivity contribution in [2.24, 2.45) is 0 Å². The molecular formula is C31H42N2O7. The number of allylic oxidation sites excluding steroid dienone is 1. The summed E-state index contributed by atoms with van der Waals surface area (Å²) in [4.78, 5) is 41.7. The number of rotatable bonds is 10. The molecule has 1 fully saturated rings. The fourth-order valence-corrected chi connectivity index (χ4v) is 4.85. The second-order valence-corrected chi connectivity index (χ2v) is 10.6. The third-order valence-electron chi connectivity index (χ3n) is 6.53. The number of nitrogens with one attached hydrogen (secondary N) is 1. The molecule has 1 aromatic carbocycles. The number of carbonyl (C=O) groups is 3. The molecule has 40 heavy (non-hydrogen) atoms. The van der Waals surface area contributed by atoms with Crippen LogP contribution < -0.4 is 5.32 Å². The summed E-state index contributed by atoms with van der Waals surface area (Å²) in [6.45, 7) is 14.8. The first-order valence-corrected chi connectivity index (χ1v) is 13.9. The van der Waals surface area contributed by atoms with Crippen molar-refractivity contribution >= 4 is 24.0 Å². The minimum Gasteiger partial charge on any atom is -0.463 e. The van der Waals surface area contributed by atoms with E-state index in [1.165, 1.54) is 6.08 Å². The quantitative estimate of drug-likeness (QED) is 0.260. The molecule has 9 heteroatoms. The first-order chi connectivity index (χ1) is 19.1. The van der Waals surface area contributed by atoms with Crippen molar-refractivity contribution in [3.63, 3.8) is 0 Å². The fourth-order valence-electron chi connectivity index (χ4n) is 4.85. The van der Waals surface area contributed by atoms with E-state index in [4.69, 9.17) is 18.9 Å². The lowest BCUT2D eigenvalue weighted by molar-refractivity contribution is -0.148. The SMILES string of the molecule is CCOC(=O)C1=C(C)NC(CCN2CCOCC2)=C(C(=O)OCC)C1c1ccccc1C=CC(=O)OC(C)(C)C. The number of carbonyl (C=O) groups excluding carboxylic acids is 3. The van der Waals surface area contributed by atoms with Crippen LogP contribution in [0.5, 0.6) is 0 Å². The minimum absolute atomic E-state index is 0.184. The molecule has 1 aromatic rings. The molecule has 0 radical (unpaired) electrons. The van der Waals surface area contributed by atoms with Crippen LogP contribution in [0.2, 0.25) is 0 Å². The molecule has 1 N–H and O–H groups in total. The van der Waals surface area contributed by atoms with E-state index in [1.807, 2.05) is 31.2 Å². The van der Waals surface area contributed by atoms with Gasteiger partial charge in [-0.15, -0.1) is 0 Å². The predicted octanol–water partition coefficient (Wildman–Crippen LogP) is 4.10. The third kappa shape index (κ3) is 8.29. The number of morpholine rings is 1. The van der Waals surface area contributed by atoms with Gasteiger partial charge in [0.1, 0.15) is 5.60 Å². The van der Waals surface area contributed by atoms with Crippen molar-refractivity contribution in [2.75, 3.05) is 46.1 Å². The Morgan fingerprint density at radius 1 is 1.02 bits per heavy atom. The van der Waals surface area contributed by atoms with Crippen molar-refractivity contribution in [2.45, 2.75) is 59.5 Å². The lowest BCUT2D eigenvalue weighted by Gasteiger charge is -2.33. The van der Waals surface area contributed by atoms with Crippen molar-refractivity contribution in [3.8, 4) is 0 Å². The van der Waals surface area contributed by atoms with Gasteiger partial charge in [0.25, 0.3) is 0 Å². The maximum atomic E-state index is 13.6. The lowest BCUT2D eigenvalue weighted by Crippen LogP contribution is -2.39. The summed E-state index contributed by atoms with van der Waals surface area (Å²) < 4.78 is 21.9. The molecule has 0 aromatic heterocycles. The number of ether oxygens (including phenoxy) is 4. The standard InChI is InChI=1S/C31H42N2O7/c1-7-38-29(35)26-21(3)32-24(15-16-33-17-19-37-20-18-33)28(30(36)39-8-2)27(26)23-12-10-9-11-22(23)13-14-25(34)40-31(4,5)6/h9-14,27,32H,7-8,15-20H2,1-6H3. The molecule has 0 spiro atoms. The number of benzene rings is 1. The van der Waals surface area contributed by atoms with E-state index in [0.717, 1.165) is 13.1 Å². The number of dihydropyridines is 1. The van der Waals surface area contributed by atoms with Crippen molar-refractivity contribution < 1.29 is 33.3 Å². The molecule has 2 aliphatic heterocycles. The topological polar surface area (TPSA) is 103 Å². The van der Waals surface area contributed by atoms with Crippen LogP contribution in [0.3, 0.4) is 0 Å². The molecular weight excluding hydrogens is 512 g/mol. The summed E-state index contributed by atoms with van der Waals surface area (Å²) in [6.07, 6.45) is 3.56. The van der Waals surface area contributed by atoms with Gasteiger partial charge in [-0.3, -0.25) is 4.90 Å². The number of hydrogen-bond donors (Lipinski definition) is 1. The molecule has 0 aliphatic carbocycles. The number of nitrogens with zero attached hydrogens (tertiary/aromatic N) is 1. The van der Waals surface area contributed by atoms with Gasteiger partial charge in [-0.25, -0.2) is 14.4 Å². The molecule has 2 aliphatic rings. The summed E-state index contributed by atoms with van der Waals surface area (Å²) in [5, 5.41) is 3.34. The van der Waals surface area contributed by atoms with Crippen LogP contribution in [0.1, 0.15) is 65.0 Å². The lowest BCUT2D eigenvalue weighted by atomic mass is 9.78. The van der Waals surface area contributed by atoms with Gasteiger partial charge in [0.2, 0.25) is 0 Å². The second-order valence-electron chi connectivity index (χ2n) is 10.6. The number of hydrogen-bond acceptors (Lipinski definition) is 9. The Hall–Kier alpha value is -3.43. The van der Waals surface area contributed by atoms with E-state index >= 15 is 0 Å². The van der Waals surface area contributed by atoms with Crippen LogP contribution in [0.4, 0.5) is 0 Å².